The maximum absolute atomic E-state index is 11.6. The van der Waals surface area contributed by atoms with Gasteiger partial charge in [-0.2, -0.15) is 0 Å². The molecule has 0 aliphatic rings. The number of anilines is 1. The maximum atomic E-state index is 11.6. The first-order chi connectivity index (χ1) is 10.0. The Morgan fingerprint density at radius 3 is 2.57 bits per heavy atom. The molecule has 0 unspecified atom stereocenters. The molecule has 2 rings (SSSR count). The first-order valence-electron chi connectivity index (χ1n) is 6.30. The molecule has 2 aromatic rings. The summed E-state index contributed by atoms with van der Waals surface area (Å²) in [5.41, 5.74) is 2.13. The van der Waals surface area contributed by atoms with Gasteiger partial charge in [0.15, 0.2) is 0 Å². The fourth-order valence-corrected chi connectivity index (χ4v) is 1.98. The summed E-state index contributed by atoms with van der Waals surface area (Å²) in [7, 11) is 1.30. The van der Waals surface area contributed by atoms with Crippen molar-refractivity contribution in [2.45, 2.75) is 6.92 Å². The molecule has 0 aromatic heterocycles. The molecule has 2 N–H and O–H groups in total. The molecule has 0 radical (unpaired) electrons. The normalized spacial score (nSPS) is 10.0. The predicted octanol–water partition coefficient (Wildman–Crippen LogP) is 2.80. The molecule has 0 atom stereocenters. The highest BCUT2D eigenvalue weighted by atomic mass is 16.5. The minimum absolute atomic E-state index is 0.0441. The summed E-state index contributed by atoms with van der Waals surface area (Å²) in [6.07, 6.45) is 0. The molecule has 0 saturated heterocycles. The number of hydrogen-bond donors (Lipinski definition) is 2. The van der Waals surface area contributed by atoms with Crippen molar-refractivity contribution in [3.63, 3.8) is 0 Å². The molecule has 0 heterocycles. The van der Waals surface area contributed by atoms with E-state index in [9.17, 15) is 14.7 Å². The lowest BCUT2D eigenvalue weighted by Crippen LogP contribution is -2.05. The van der Waals surface area contributed by atoms with Crippen LogP contribution < -0.4 is 5.32 Å². The van der Waals surface area contributed by atoms with Crippen molar-refractivity contribution < 1.29 is 19.4 Å². The van der Waals surface area contributed by atoms with Crippen LogP contribution in [0, 0.1) is 0 Å². The molecule has 0 fully saturated rings. The summed E-state index contributed by atoms with van der Waals surface area (Å²) < 4.78 is 4.67. The molecule has 0 saturated carbocycles. The van der Waals surface area contributed by atoms with Gasteiger partial charge in [0, 0.05) is 18.2 Å². The van der Waals surface area contributed by atoms with Gasteiger partial charge in [-0.25, -0.2) is 4.79 Å². The van der Waals surface area contributed by atoms with Gasteiger partial charge < -0.3 is 15.2 Å². The van der Waals surface area contributed by atoms with Crippen LogP contribution in [0.4, 0.5) is 5.69 Å². The van der Waals surface area contributed by atoms with Crippen LogP contribution in [-0.2, 0) is 9.53 Å². The average Bonchev–Trinajstić information content (AvgIpc) is 2.46. The smallest absolute Gasteiger partial charge is 0.337 e. The van der Waals surface area contributed by atoms with E-state index in [4.69, 9.17) is 0 Å². The first-order valence-corrected chi connectivity index (χ1v) is 6.30. The molecule has 1 amide bonds. The second kappa shape index (κ2) is 6.09. The van der Waals surface area contributed by atoms with E-state index in [1.165, 1.54) is 26.2 Å². The summed E-state index contributed by atoms with van der Waals surface area (Å²) in [5.74, 6) is -0.614. The third kappa shape index (κ3) is 3.39. The fraction of sp³-hybridized carbons (Fsp3) is 0.125. The van der Waals surface area contributed by atoms with Gasteiger partial charge in [-0.3, -0.25) is 4.79 Å². The van der Waals surface area contributed by atoms with E-state index in [0.717, 1.165) is 0 Å². The van der Waals surface area contributed by atoms with Gasteiger partial charge in [-0.15, -0.1) is 0 Å². The third-order valence-corrected chi connectivity index (χ3v) is 2.91. The topological polar surface area (TPSA) is 75.6 Å². The molecule has 5 nitrogen and oxygen atoms in total. The summed E-state index contributed by atoms with van der Waals surface area (Å²) in [6, 6.07) is 11.5. The van der Waals surface area contributed by atoms with E-state index in [2.05, 4.69) is 10.1 Å². The second-order valence-corrected chi connectivity index (χ2v) is 4.49. The van der Waals surface area contributed by atoms with E-state index in [1.807, 2.05) is 0 Å². The minimum atomic E-state index is -0.478. The van der Waals surface area contributed by atoms with Crippen LogP contribution in [0.3, 0.4) is 0 Å². The SMILES string of the molecule is COC(=O)c1ccc(O)c(-c2cccc(NC(C)=O)c2)c1. The van der Waals surface area contributed by atoms with Crippen molar-refractivity contribution in [3.8, 4) is 16.9 Å². The van der Waals surface area contributed by atoms with Crippen molar-refractivity contribution in [2.24, 2.45) is 0 Å². The van der Waals surface area contributed by atoms with Crippen molar-refractivity contribution in [3.05, 3.63) is 48.0 Å². The van der Waals surface area contributed by atoms with Gasteiger partial charge in [0.05, 0.1) is 12.7 Å². The van der Waals surface area contributed by atoms with E-state index >= 15 is 0 Å². The van der Waals surface area contributed by atoms with E-state index < -0.39 is 5.97 Å². The number of phenolic OH excluding ortho intramolecular Hbond substituents is 1. The van der Waals surface area contributed by atoms with Crippen LogP contribution in [0.5, 0.6) is 5.75 Å². The zero-order valence-corrected chi connectivity index (χ0v) is 11.7. The quantitative estimate of drug-likeness (QED) is 0.850. The zero-order valence-electron chi connectivity index (χ0n) is 11.7. The molecule has 5 heteroatoms. The van der Waals surface area contributed by atoms with Gasteiger partial charge in [0.2, 0.25) is 5.91 Å². The molecule has 0 spiro atoms. The summed E-state index contributed by atoms with van der Waals surface area (Å²) in [5, 5.41) is 12.6. The predicted molar refractivity (Wildman–Crippen MR) is 79.2 cm³/mol. The van der Waals surface area contributed by atoms with Crippen LogP contribution in [-0.4, -0.2) is 24.1 Å². The van der Waals surface area contributed by atoms with Crippen molar-refractivity contribution in [1.82, 2.24) is 0 Å². The Bertz CT molecular complexity index is 694. The number of aromatic hydroxyl groups is 1. The number of carbonyl (C=O) groups is 2. The fourth-order valence-electron chi connectivity index (χ4n) is 1.98. The van der Waals surface area contributed by atoms with Crippen LogP contribution in [0.15, 0.2) is 42.5 Å². The largest absolute Gasteiger partial charge is 0.507 e. The molecule has 0 aliphatic heterocycles. The Morgan fingerprint density at radius 1 is 1.14 bits per heavy atom. The number of phenols is 1. The Balaban J connectivity index is 2.45. The number of nitrogens with one attached hydrogen (secondary N) is 1. The van der Waals surface area contributed by atoms with E-state index in [1.54, 1.807) is 30.3 Å². The highest BCUT2D eigenvalue weighted by molar-refractivity contribution is 5.93. The molecule has 2 aromatic carbocycles. The molecule has 0 aliphatic carbocycles. The zero-order chi connectivity index (χ0) is 15.4. The van der Waals surface area contributed by atoms with Gasteiger partial charge >= 0.3 is 5.97 Å². The Kier molecular flexibility index (Phi) is 4.23. The number of rotatable bonds is 3. The standard InChI is InChI=1S/C16H15NO4/c1-10(18)17-13-5-3-4-11(8-13)14-9-12(16(20)21-2)6-7-15(14)19/h3-9,19H,1-2H3,(H,17,18). The summed E-state index contributed by atoms with van der Waals surface area (Å²) >= 11 is 0. The van der Waals surface area contributed by atoms with Gasteiger partial charge in [-0.1, -0.05) is 12.1 Å². The number of carbonyl (C=O) groups excluding carboxylic acids is 2. The van der Waals surface area contributed by atoms with E-state index in [0.29, 0.717) is 22.4 Å². The minimum Gasteiger partial charge on any atom is -0.507 e. The Labute approximate surface area is 122 Å². The van der Waals surface area contributed by atoms with Gasteiger partial charge in [-0.05, 0) is 35.9 Å². The Hall–Kier alpha value is -2.82. The second-order valence-electron chi connectivity index (χ2n) is 4.49. The van der Waals surface area contributed by atoms with Crippen molar-refractivity contribution >= 4 is 17.6 Å². The van der Waals surface area contributed by atoms with Crippen LogP contribution >= 0.6 is 0 Å². The molecule has 21 heavy (non-hydrogen) atoms. The maximum Gasteiger partial charge on any atom is 0.337 e. The van der Waals surface area contributed by atoms with E-state index in [-0.39, 0.29) is 11.7 Å². The number of ether oxygens (including phenoxy) is 1. The number of benzene rings is 2. The van der Waals surface area contributed by atoms with Crippen molar-refractivity contribution in [1.29, 1.82) is 0 Å². The lowest BCUT2D eigenvalue weighted by Gasteiger charge is -2.09. The first kappa shape index (κ1) is 14.6. The third-order valence-electron chi connectivity index (χ3n) is 2.91. The summed E-state index contributed by atoms with van der Waals surface area (Å²) in [4.78, 5) is 22.6. The number of hydrogen-bond acceptors (Lipinski definition) is 4. The molecule has 108 valence electrons. The van der Waals surface area contributed by atoms with Crippen LogP contribution in [0.1, 0.15) is 17.3 Å². The summed E-state index contributed by atoms with van der Waals surface area (Å²) in [6.45, 7) is 1.42. The highest BCUT2D eigenvalue weighted by Gasteiger charge is 2.11. The van der Waals surface area contributed by atoms with Gasteiger partial charge in [0.1, 0.15) is 5.75 Å². The highest BCUT2D eigenvalue weighted by Crippen LogP contribution is 2.31. The lowest BCUT2D eigenvalue weighted by molar-refractivity contribution is -0.114. The van der Waals surface area contributed by atoms with Crippen LogP contribution in [0.25, 0.3) is 11.1 Å². The number of esters is 1. The molecular weight excluding hydrogens is 270 g/mol. The van der Waals surface area contributed by atoms with Crippen LogP contribution in [0.2, 0.25) is 0 Å². The lowest BCUT2D eigenvalue weighted by atomic mass is 10.0. The average molecular weight is 285 g/mol. The number of amides is 1. The molecule has 0 bridgehead atoms. The van der Waals surface area contributed by atoms with Crippen molar-refractivity contribution in [2.75, 3.05) is 12.4 Å². The van der Waals surface area contributed by atoms with Gasteiger partial charge in [0.25, 0.3) is 0 Å². The molecular formula is C16H15NO4. The Morgan fingerprint density at radius 2 is 1.90 bits per heavy atom. The monoisotopic (exact) mass is 285 g/mol. The number of methoxy groups -OCH3 is 1.